The van der Waals surface area contributed by atoms with Crippen LogP contribution < -0.4 is 5.73 Å². The zero-order valence-corrected chi connectivity index (χ0v) is 9.45. The van der Waals surface area contributed by atoms with Crippen molar-refractivity contribution in [2.75, 3.05) is 7.05 Å². The van der Waals surface area contributed by atoms with Crippen molar-refractivity contribution in [2.24, 2.45) is 17.9 Å². The van der Waals surface area contributed by atoms with E-state index in [1.54, 1.807) is 33.3 Å². The molecular weight excluding hydrogens is 210 g/mol. The van der Waals surface area contributed by atoms with Gasteiger partial charge in [-0.05, 0) is 13.0 Å². The van der Waals surface area contributed by atoms with Crippen molar-refractivity contribution in [3.8, 4) is 0 Å². The lowest BCUT2D eigenvalue weighted by molar-refractivity contribution is 0.0769. The maximum absolute atomic E-state index is 11.9. The molecule has 1 unspecified atom stereocenters. The quantitative estimate of drug-likeness (QED) is 0.317. The van der Waals surface area contributed by atoms with Crippen LogP contribution in [-0.4, -0.2) is 44.7 Å². The number of hydrogen-bond acceptors (Lipinski definition) is 4. The van der Waals surface area contributed by atoms with Crippen molar-refractivity contribution in [1.82, 2.24) is 14.7 Å². The Balaban J connectivity index is 2.82. The molecular formula is C9H15N5O2. The normalized spacial score (nSPS) is 13.6. The first-order chi connectivity index (χ1) is 7.47. The lowest BCUT2D eigenvalue weighted by atomic mass is 10.2. The van der Waals surface area contributed by atoms with Crippen molar-refractivity contribution >= 4 is 11.7 Å². The summed E-state index contributed by atoms with van der Waals surface area (Å²) in [6, 6.07) is 1.12. The minimum absolute atomic E-state index is 0.0215. The number of nitrogens with zero attached hydrogens (tertiary/aromatic N) is 4. The number of rotatable bonds is 3. The number of nitrogens with two attached hydrogens (primary N) is 1. The van der Waals surface area contributed by atoms with E-state index in [2.05, 4.69) is 10.3 Å². The zero-order chi connectivity index (χ0) is 12.3. The van der Waals surface area contributed by atoms with Gasteiger partial charge in [0.25, 0.3) is 5.91 Å². The highest BCUT2D eigenvalue weighted by molar-refractivity contribution is 5.96. The molecule has 1 rings (SSSR count). The van der Waals surface area contributed by atoms with E-state index in [0.717, 1.165) is 0 Å². The van der Waals surface area contributed by atoms with E-state index < -0.39 is 6.04 Å². The molecule has 7 nitrogen and oxygen atoms in total. The third-order valence-corrected chi connectivity index (χ3v) is 2.38. The molecule has 1 amide bonds. The Morgan fingerprint density at radius 2 is 2.38 bits per heavy atom. The number of aryl methyl sites for hydroxylation is 1. The first-order valence-electron chi connectivity index (χ1n) is 4.71. The third kappa shape index (κ3) is 2.30. The average Bonchev–Trinajstić information content (AvgIpc) is 2.71. The van der Waals surface area contributed by atoms with E-state index in [0.29, 0.717) is 5.69 Å². The summed E-state index contributed by atoms with van der Waals surface area (Å²) in [7, 11) is 3.30. The lowest BCUT2D eigenvalue weighted by Crippen LogP contribution is -2.44. The Morgan fingerprint density at radius 3 is 2.81 bits per heavy atom. The van der Waals surface area contributed by atoms with Crippen LogP contribution in [0.25, 0.3) is 0 Å². The highest BCUT2D eigenvalue weighted by atomic mass is 16.4. The van der Waals surface area contributed by atoms with Crippen molar-refractivity contribution in [1.29, 1.82) is 0 Å². The smallest absolute Gasteiger partial charge is 0.274 e. The molecule has 0 saturated carbocycles. The first-order valence-corrected chi connectivity index (χ1v) is 4.71. The summed E-state index contributed by atoms with van der Waals surface area (Å²) < 4.78 is 1.54. The van der Waals surface area contributed by atoms with E-state index in [-0.39, 0.29) is 11.7 Å². The van der Waals surface area contributed by atoms with E-state index in [1.807, 2.05) is 0 Å². The minimum atomic E-state index is -0.487. The summed E-state index contributed by atoms with van der Waals surface area (Å²) in [4.78, 5) is 13.2. The van der Waals surface area contributed by atoms with E-state index >= 15 is 0 Å². The molecule has 0 bridgehead atoms. The monoisotopic (exact) mass is 225 g/mol. The summed E-state index contributed by atoms with van der Waals surface area (Å²) in [6.45, 7) is 1.66. The molecule has 1 aromatic rings. The third-order valence-electron chi connectivity index (χ3n) is 2.38. The molecule has 0 radical (unpaired) electrons. The molecule has 0 aliphatic heterocycles. The van der Waals surface area contributed by atoms with Crippen LogP contribution in [0.5, 0.6) is 0 Å². The Bertz CT molecular complexity index is 412. The summed E-state index contributed by atoms with van der Waals surface area (Å²) in [5.74, 6) is -0.300. The SMILES string of the molecule is CC(/C(N)=N/O)N(C)C(=O)c1ccn(C)n1. The second-order valence-electron chi connectivity index (χ2n) is 3.49. The van der Waals surface area contributed by atoms with Crippen molar-refractivity contribution in [2.45, 2.75) is 13.0 Å². The fourth-order valence-corrected chi connectivity index (χ4v) is 1.17. The van der Waals surface area contributed by atoms with Gasteiger partial charge >= 0.3 is 0 Å². The number of hydrogen-bond donors (Lipinski definition) is 2. The predicted molar refractivity (Wildman–Crippen MR) is 58.2 cm³/mol. The summed E-state index contributed by atoms with van der Waals surface area (Å²) in [5, 5.41) is 15.4. The Hall–Kier alpha value is -2.05. The maximum atomic E-state index is 11.9. The number of carbonyl (C=O) groups is 1. The van der Waals surface area contributed by atoms with Crippen LogP contribution in [0.15, 0.2) is 17.4 Å². The molecule has 1 atom stereocenters. The van der Waals surface area contributed by atoms with Gasteiger partial charge in [0.15, 0.2) is 5.84 Å². The number of likely N-dealkylation sites (N-methyl/N-ethyl adjacent to an activating group) is 1. The van der Waals surface area contributed by atoms with Crippen LogP contribution in [0.3, 0.4) is 0 Å². The molecule has 16 heavy (non-hydrogen) atoms. The van der Waals surface area contributed by atoms with E-state index in [1.165, 1.54) is 9.58 Å². The summed E-state index contributed by atoms with van der Waals surface area (Å²) in [6.07, 6.45) is 1.68. The molecule has 0 fully saturated rings. The second kappa shape index (κ2) is 4.65. The van der Waals surface area contributed by atoms with Crippen LogP contribution in [0.1, 0.15) is 17.4 Å². The fourth-order valence-electron chi connectivity index (χ4n) is 1.17. The second-order valence-corrected chi connectivity index (χ2v) is 3.49. The van der Waals surface area contributed by atoms with Crippen LogP contribution in [0.2, 0.25) is 0 Å². The van der Waals surface area contributed by atoms with Gasteiger partial charge in [-0.15, -0.1) is 0 Å². The van der Waals surface area contributed by atoms with Crippen molar-refractivity contribution in [3.63, 3.8) is 0 Å². The fraction of sp³-hybridized carbons (Fsp3) is 0.444. The van der Waals surface area contributed by atoms with Crippen LogP contribution in [-0.2, 0) is 7.05 Å². The molecule has 0 aromatic carbocycles. The van der Waals surface area contributed by atoms with Crippen LogP contribution in [0.4, 0.5) is 0 Å². The molecule has 88 valence electrons. The molecule has 0 saturated heterocycles. The first kappa shape index (κ1) is 12.0. The highest BCUT2D eigenvalue weighted by Crippen LogP contribution is 2.04. The van der Waals surface area contributed by atoms with Crippen LogP contribution >= 0.6 is 0 Å². The molecule has 1 aromatic heterocycles. The van der Waals surface area contributed by atoms with Gasteiger partial charge in [-0.1, -0.05) is 5.16 Å². The van der Waals surface area contributed by atoms with E-state index in [9.17, 15) is 4.79 Å². The molecule has 0 aliphatic carbocycles. The Kier molecular flexibility index (Phi) is 3.49. The minimum Gasteiger partial charge on any atom is -0.409 e. The van der Waals surface area contributed by atoms with Gasteiger partial charge in [0, 0.05) is 20.3 Å². The topological polar surface area (TPSA) is 96.7 Å². The van der Waals surface area contributed by atoms with Gasteiger partial charge in [0.1, 0.15) is 5.69 Å². The van der Waals surface area contributed by atoms with E-state index in [4.69, 9.17) is 10.9 Å². The van der Waals surface area contributed by atoms with Gasteiger partial charge in [0.05, 0.1) is 6.04 Å². The molecule has 1 heterocycles. The summed E-state index contributed by atoms with van der Waals surface area (Å²) >= 11 is 0. The van der Waals surface area contributed by atoms with Gasteiger partial charge in [-0.3, -0.25) is 9.48 Å². The van der Waals surface area contributed by atoms with Gasteiger partial charge in [0.2, 0.25) is 0 Å². The number of aromatic nitrogens is 2. The maximum Gasteiger partial charge on any atom is 0.274 e. The number of amidine groups is 1. The van der Waals surface area contributed by atoms with Gasteiger partial charge in [-0.25, -0.2) is 0 Å². The van der Waals surface area contributed by atoms with Crippen molar-refractivity contribution in [3.05, 3.63) is 18.0 Å². The molecule has 3 N–H and O–H groups in total. The zero-order valence-electron chi connectivity index (χ0n) is 9.45. The molecule has 7 heteroatoms. The van der Waals surface area contributed by atoms with Crippen LogP contribution in [0, 0.1) is 0 Å². The molecule has 0 aliphatic rings. The van der Waals surface area contributed by atoms with Gasteiger partial charge in [-0.2, -0.15) is 5.10 Å². The number of carbonyl (C=O) groups excluding carboxylic acids is 1. The average molecular weight is 225 g/mol. The summed E-state index contributed by atoms with van der Waals surface area (Å²) in [5.41, 5.74) is 5.74. The van der Waals surface area contributed by atoms with Crippen molar-refractivity contribution < 1.29 is 10.0 Å². The lowest BCUT2D eigenvalue weighted by Gasteiger charge is -2.22. The standard InChI is InChI=1S/C9H15N5O2/c1-6(8(10)12-16)14(3)9(15)7-4-5-13(2)11-7/h4-6,16H,1-3H3,(H2,10,12). The largest absolute Gasteiger partial charge is 0.409 e. The predicted octanol–water partition coefficient (Wildman–Crippen LogP) is -0.373. The number of oxime groups is 1. The van der Waals surface area contributed by atoms with Gasteiger partial charge < -0.3 is 15.8 Å². The number of amides is 1. The Labute approximate surface area is 93.1 Å². The molecule has 0 spiro atoms. The Morgan fingerprint density at radius 1 is 1.75 bits per heavy atom. The highest BCUT2D eigenvalue weighted by Gasteiger charge is 2.22.